The number of hydrazone groups is 1. The van der Waals surface area contributed by atoms with Crippen LogP contribution in [0.1, 0.15) is 32.1 Å². The van der Waals surface area contributed by atoms with Crippen LogP contribution in [0.25, 0.3) is 0 Å². The first-order chi connectivity index (χ1) is 6.74. The van der Waals surface area contributed by atoms with Crippen LogP contribution in [0.5, 0.6) is 0 Å². The molecule has 1 atom stereocenters. The van der Waals surface area contributed by atoms with Crippen molar-refractivity contribution in [2.24, 2.45) is 16.8 Å². The van der Waals surface area contributed by atoms with Crippen molar-refractivity contribution in [3.8, 4) is 6.07 Å². The summed E-state index contributed by atoms with van der Waals surface area (Å²) in [5, 5.41) is 12.5. The van der Waals surface area contributed by atoms with Gasteiger partial charge in [0.2, 0.25) is 0 Å². The second-order valence-electron chi connectivity index (χ2n) is 3.38. The van der Waals surface area contributed by atoms with Gasteiger partial charge in [0.15, 0.2) is 0 Å². The van der Waals surface area contributed by atoms with Crippen LogP contribution in [0.15, 0.2) is 5.10 Å². The van der Waals surface area contributed by atoms with Gasteiger partial charge in [-0.2, -0.15) is 10.4 Å². The number of nitrogens with two attached hydrogens (primary N) is 1. The topological polar surface area (TPSA) is 91.3 Å². The molecule has 76 valence electrons. The zero-order chi connectivity index (χ0) is 10.4. The van der Waals surface area contributed by atoms with E-state index in [2.05, 4.69) is 16.6 Å². The van der Waals surface area contributed by atoms with E-state index < -0.39 is 6.03 Å². The van der Waals surface area contributed by atoms with E-state index in [1.165, 1.54) is 0 Å². The van der Waals surface area contributed by atoms with E-state index in [0.717, 1.165) is 31.4 Å². The molecule has 0 aromatic carbocycles. The number of rotatable bonds is 2. The Morgan fingerprint density at radius 2 is 2.50 bits per heavy atom. The van der Waals surface area contributed by atoms with Gasteiger partial charge in [-0.05, 0) is 19.3 Å². The molecule has 5 heteroatoms. The summed E-state index contributed by atoms with van der Waals surface area (Å²) in [6.45, 7) is 0. The highest BCUT2D eigenvalue weighted by atomic mass is 16.2. The average Bonchev–Trinajstić information content (AvgIpc) is 2.17. The van der Waals surface area contributed by atoms with Gasteiger partial charge in [-0.15, -0.1) is 0 Å². The number of amides is 2. The third kappa shape index (κ3) is 3.05. The fourth-order valence-corrected chi connectivity index (χ4v) is 1.67. The van der Waals surface area contributed by atoms with Gasteiger partial charge in [0.05, 0.1) is 6.07 Å². The summed E-state index contributed by atoms with van der Waals surface area (Å²) in [7, 11) is 0. The van der Waals surface area contributed by atoms with Crippen molar-refractivity contribution in [2.75, 3.05) is 0 Å². The van der Waals surface area contributed by atoms with E-state index in [1.807, 2.05) is 0 Å². The van der Waals surface area contributed by atoms with E-state index in [0.29, 0.717) is 6.42 Å². The van der Waals surface area contributed by atoms with E-state index >= 15 is 0 Å². The van der Waals surface area contributed by atoms with Gasteiger partial charge in [-0.25, -0.2) is 10.2 Å². The highest BCUT2D eigenvalue weighted by molar-refractivity contribution is 5.88. The zero-order valence-electron chi connectivity index (χ0n) is 7.99. The molecule has 5 nitrogen and oxygen atoms in total. The van der Waals surface area contributed by atoms with Gasteiger partial charge in [0.25, 0.3) is 0 Å². The molecule has 1 aliphatic rings. The van der Waals surface area contributed by atoms with Crippen LogP contribution >= 0.6 is 0 Å². The van der Waals surface area contributed by atoms with E-state index in [4.69, 9.17) is 11.0 Å². The molecule has 0 saturated heterocycles. The second-order valence-corrected chi connectivity index (χ2v) is 3.38. The minimum absolute atomic E-state index is 0.195. The summed E-state index contributed by atoms with van der Waals surface area (Å²) in [6.07, 6.45) is 4.50. The number of hydrogen-bond donors (Lipinski definition) is 2. The van der Waals surface area contributed by atoms with E-state index in [1.54, 1.807) is 0 Å². The number of nitrogens with zero attached hydrogens (tertiary/aromatic N) is 2. The normalized spacial score (nSPS) is 24.2. The predicted molar refractivity (Wildman–Crippen MR) is 52.3 cm³/mol. The Morgan fingerprint density at radius 3 is 3.14 bits per heavy atom. The maximum absolute atomic E-state index is 10.4. The fraction of sp³-hybridized carbons (Fsp3) is 0.667. The number of carbonyl (C=O) groups excluding carboxylic acids is 1. The van der Waals surface area contributed by atoms with Gasteiger partial charge in [0, 0.05) is 18.1 Å². The van der Waals surface area contributed by atoms with E-state index in [9.17, 15) is 4.79 Å². The molecular weight excluding hydrogens is 180 g/mol. The van der Waals surface area contributed by atoms with E-state index in [-0.39, 0.29) is 5.92 Å². The summed E-state index contributed by atoms with van der Waals surface area (Å²) >= 11 is 0. The van der Waals surface area contributed by atoms with Gasteiger partial charge in [-0.1, -0.05) is 6.42 Å². The molecule has 1 fully saturated rings. The Balaban J connectivity index is 2.58. The van der Waals surface area contributed by atoms with Gasteiger partial charge in [-0.3, -0.25) is 0 Å². The Kier molecular flexibility index (Phi) is 3.92. The van der Waals surface area contributed by atoms with Crippen molar-refractivity contribution in [2.45, 2.75) is 32.1 Å². The van der Waals surface area contributed by atoms with Gasteiger partial charge < -0.3 is 5.73 Å². The van der Waals surface area contributed by atoms with Crippen LogP contribution < -0.4 is 11.2 Å². The first-order valence-electron chi connectivity index (χ1n) is 4.73. The van der Waals surface area contributed by atoms with Crippen LogP contribution in [-0.2, 0) is 0 Å². The van der Waals surface area contributed by atoms with Gasteiger partial charge in [0.1, 0.15) is 0 Å². The molecule has 1 rings (SSSR count). The number of nitriles is 1. The Hall–Kier alpha value is -1.57. The molecule has 0 aromatic heterocycles. The zero-order valence-corrected chi connectivity index (χ0v) is 7.99. The summed E-state index contributed by atoms with van der Waals surface area (Å²) in [5.74, 6) is 0.195. The maximum atomic E-state index is 10.4. The third-order valence-corrected chi connectivity index (χ3v) is 2.35. The van der Waals surface area contributed by atoms with Crippen LogP contribution in [0.3, 0.4) is 0 Å². The van der Waals surface area contributed by atoms with Crippen molar-refractivity contribution in [1.82, 2.24) is 5.43 Å². The molecule has 0 radical (unpaired) electrons. The molecule has 14 heavy (non-hydrogen) atoms. The van der Waals surface area contributed by atoms with Crippen LogP contribution in [0, 0.1) is 17.2 Å². The molecule has 2 amide bonds. The van der Waals surface area contributed by atoms with Crippen molar-refractivity contribution < 1.29 is 4.79 Å². The lowest BCUT2D eigenvalue weighted by atomic mass is 9.85. The molecule has 0 heterocycles. The Labute approximate surface area is 83.0 Å². The lowest BCUT2D eigenvalue weighted by Crippen LogP contribution is -2.28. The number of hydrogen-bond acceptors (Lipinski definition) is 3. The van der Waals surface area contributed by atoms with Crippen LogP contribution in [0.4, 0.5) is 4.79 Å². The van der Waals surface area contributed by atoms with Crippen molar-refractivity contribution >= 4 is 11.7 Å². The summed E-state index contributed by atoms with van der Waals surface area (Å²) in [6, 6.07) is 1.48. The monoisotopic (exact) mass is 194 g/mol. The second kappa shape index (κ2) is 5.22. The number of primary amides is 1. The molecule has 1 unspecified atom stereocenters. The lowest BCUT2D eigenvalue weighted by Gasteiger charge is -2.21. The Morgan fingerprint density at radius 1 is 1.71 bits per heavy atom. The maximum Gasteiger partial charge on any atom is 0.332 e. The molecule has 0 spiro atoms. The minimum atomic E-state index is -0.654. The highest BCUT2D eigenvalue weighted by Crippen LogP contribution is 2.23. The molecule has 0 aromatic rings. The molecule has 3 N–H and O–H groups in total. The smallest absolute Gasteiger partial charge is 0.332 e. The third-order valence-electron chi connectivity index (χ3n) is 2.35. The molecule has 0 bridgehead atoms. The van der Waals surface area contributed by atoms with Crippen molar-refractivity contribution in [3.63, 3.8) is 0 Å². The first kappa shape index (κ1) is 10.5. The number of nitrogens with one attached hydrogen (secondary N) is 1. The van der Waals surface area contributed by atoms with Crippen LogP contribution in [-0.4, -0.2) is 11.7 Å². The molecule has 0 aliphatic heterocycles. The highest BCUT2D eigenvalue weighted by Gasteiger charge is 2.20. The first-order valence-corrected chi connectivity index (χ1v) is 4.73. The fourth-order valence-electron chi connectivity index (χ4n) is 1.67. The minimum Gasteiger partial charge on any atom is -0.350 e. The largest absolute Gasteiger partial charge is 0.350 e. The lowest BCUT2D eigenvalue weighted by molar-refractivity contribution is 0.249. The molecular formula is C9H14N4O. The standard InChI is InChI=1S/C9H14N4O/c10-6-5-7-3-1-2-4-8(7)12-13-9(11)14/h7H,1-5H2,(H3,11,13,14)/b12-8-. The molecule has 1 aliphatic carbocycles. The average molecular weight is 194 g/mol. The summed E-state index contributed by atoms with van der Waals surface area (Å²) in [5.41, 5.74) is 8.03. The number of urea groups is 1. The quantitative estimate of drug-likeness (QED) is 0.644. The van der Waals surface area contributed by atoms with Gasteiger partial charge >= 0.3 is 6.03 Å². The summed E-state index contributed by atoms with van der Waals surface area (Å²) in [4.78, 5) is 10.4. The number of carbonyl (C=O) groups is 1. The predicted octanol–water partition coefficient (Wildman–Crippen LogP) is 1.11. The van der Waals surface area contributed by atoms with Crippen molar-refractivity contribution in [1.29, 1.82) is 5.26 Å². The SMILES string of the molecule is N#CCC1CCCC/C1=N/NC(N)=O. The molecule has 1 saturated carbocycles. The Bertz CT molecular complexity index is 279. The summed E-state index contributed by atoms with van der Waals surface area (Å²) < 4.78 is 0. The van der Waals surface area contributed by atoms with Crippen molar-refractivity contribution in [3.05, 3.63) is 0 Å². The van der Waals surface area contributed by atoms with Crippen LogP contribution in [0.2, 0.25) is 0 Å².